The van der Waals surface area contributed by atoms with E-state index in [4.69, 9.17) is 10.4 Å². The standard InChI is InChI=1S/C17H14N4OS2/c18-21-10-14(12-5-2-1-3-6-12)19-17(21)24-11-13-9-15(22-20-13)16-7-4-8-23-16/h1-10H,11,18H2. The Morgan fingerprint density at radius 1 is 1.17 bits per heavy atom. The summed E-state index contributed by atoms with van der Waals surface area (Å²) in [6.07, 6.45) is 1.83. The lowest BCUT2D eigenvalue weighted by molar-refractivity contribution is 0.427. The molecule has 0 spiro atoms. The second kappa shape index (κ2) is 6.54. The molecular weight excluding hydrogens is 340 g/mol. The van der Waals surface area contributed by atoms with Gasteiger partial charge in [0.15, 0.2) is 10.9 Å². The molecule has 120 valence electrons. The van der Waals surface area contributed by atoms with Gasteiger partial charge >= 0.3 is 0 Å². The smallest absolute Gasteiger partial charge is 0.187 e. The van der Waals surface area contributed by atoms with Gasteiger partial charge in [0, 0.05) is 17.4 Å². The Kier molecular flexibility index (Phi) is 4.10. The Labute approximate surface area is 147 Å². The van der Waals surface area contributed by atoms with E-state index in [1.165, 1.54) is 11.8 Å². The second-order valence-corrected chi connectivity index (χ2v) is 7.02. The number of rotatable bonds is 5. The molecule has 0 aliphatic carbocycles. The fraction of sp³-hybridized carbons (Fsp3) is 0.0588. The fourth-order valence-corrected chi connectivity index (χ4v) is 3.74. The molecule has 0 radical (unpaired) electrons. The summed E-state index contributed by atoms with van der Waals surface area (Å²) in [5, 5.41) is 6.88. The van der Waals surface area contributed by atoms with Crippen LogP contribution in [0.1, 0.15) is 5.69 Å². The first-order valence-corrected chi connectivity index (χ1v) is 9.18. The molecular formula is C17H14N4OS2. The van der Waals surface area contributed by atoms with Gasteiger partial charge in [-0.05, 0) is 11.4 Å². The lowest BCUT2D eigenvalue weighted by Gasteiger charge is -1.97. The molecule has 0 aliphatic rings. The zero-order chi connectivity index (χ0) is 16.4. The van der Waals surface area contributed by atoms with Crippen LogP contribution in [0.3, 0.4) is 0 Å². The Morgan fingerprint density at radius 2 is 2.04 bits per heavy atom. The van der Waals surface area contributed by atoms with Crippen molar-refractivity contribution in [2.75, 3.05) is 5.84 Å². The average Bonchev–Trinajstić information content (AvgIpc) is 3.34. The molecule has 3 heterocycles. The molecule has 0 aliphatic heterocycles. The first-order valence-electron chi connectivity index (χ1n) is 7.32. The van der Waals surface area contributed by atoms with E-state index in [1.54, 1.807) is 16.0 Å². The number of hydrogen-bond donors (Lipinski definition) is 1. The van der Waals surface area contributed by atoms with Crippen molar-refractivity contribution in [2.24, 2.45) is 0 Å². The zero-order valence-corrected chi connectivity index (χ0v) is 14.3. The van der Waals surface area contributed by atoms with E-state index in [-0.39, 0.29) is 0 Å². The third kappa shape index (κ3) is 3.08. The Bertz CT molecular complexity index is 929. The van der Waals surface area contributed by atoms with E-state index in [0.29, 0.717) is 5.75 Å². The van der Waals surface area contributed by atoms with Crippen molar-refractivity contribution in [1.29, 1.82) is 0 Å². The highest BCUT2D eigenvalue weighted by Gasteiger charge is 2.12. The van der Waals surface area contributed by atoms with E-state index in [2.05, 4.69) is 10.1 Å². The summed E-state index contributed by atoms with van der Waals surface area (Å²) in [5.41, 5.74) is 2.78. The highest BCUT2D eigenvalue weighted by atomic mass is 32.2. The fourth-order valence-electron chi connectivity index (χ4n) is 2.28. The van der Waals surface area contributed by atoms with Crippen molar-refractivity contribution >= 4 is 23.1 Å². The summed E-state index contributed by atoms with van der Waals surface area (Å²) in [6.45, 7) is 0. The van der Waals surface area contributed by atoms with Crippen molar-refractivity contribution in [3.63, 3.8) is 0 Å². The van der Waals surface area contributed by atoms with E-state index in [0.717, 1.165) is 32.7 Å². The van der Waals surface area contributed by atoms with Crippen LogP contribution in [-0.2, 0) is 5.75 Å². The average molecular weight is 354 g/mol. The van der Waals surface area contributed by atoms with E-state index >= 15 is 0 Å². The number of nitrogens with two attached hydrogens (primary N) is 1. The lowest BCUT2D eigenvalue weighted by Crippen LogP contribution is -2.07. The quantitative estimate of drug-likeness (QED) is 0.428. The van der Waals surface area contributed by atoms with Gasteiger partial charge < -0.3 is 10.4 Å². The number of nitrogen functional groups attached to an aromatic ring is 1. The number of benzene rings is 1. The molecule has 2 N–H and O–H groups in total. The van der Waals surface area contributed by atoms with Crippen molar-refractivity contribution in [1.82, 2.24) is 14.8 Å². The summed E-state index contributed by atoms with van der Waals surface area (Å²) in [5.74, 6) is 7.46. The van der Waals surface area contributed by atoms with Crippen LogP contribution in [-0.4, -0.2) is 14.8 Å². The van der Waals surface area contributed by atoms with Gasteiger partial charge in [0.25, 0.3) is 0 Å². The first kappa shape index (κ1) is 15.0. The molecule has 24 heavy (non-hydrogen) atoms. The Hall–Kier alpha value is -2.51. The second-order valence-electron chi connectivity index (χ2n) is 5.13. The number of nitrogens with zero attached hydrogens (tertiary/aromatic N) is 3. The number of imidazole rings is 1. The molecule has 3 aromatic heterocycles. The zero-order valence-electron chi connectivity index (χ0n) is 12.6. The van der Waals surface area contributed by atoms with Crippen LogP contribution in [0.5, 0.6) is 0 Å². The monoisotopic (exact) mass is 354 g/mol. The van der Waals surface area contributed by atoms with Crippen molar-refractivity contribution in [3.8, 4) is 21.9 Å². The minimum atomic E-state index is 0.650. The van der Waals surface area contributed by atoms with Crippen molar-refractivity contribution < 1.29 is 4.52 Å². The molecule has 5 nitrogen and oxygen atoms in total. The van der Waals surface area contributed by atoms with E-state index in [1.807, 2.05) is 60.1 Å². The molecule has 4 rings (SSSR count). The highest BCUT2D eigenvalue weighted by Crippen LogP contribution is 2.28. The summed E-state index contributed by atoms with van der Waals surface area (Å²) in [7, 11) is 0. The normalized spacial score (nSPS) is 11.0. The van der Waals surface area contributed by atoms with Crippen LogP contribution in [0.4, 0.5) is 0 Å². The first-order chi connectivity index (χ1) is 11.8. The summed E-state index contributed by atoms with van der Waals surface area (Å²) >= 11 is 3.16. The predicted molar refractivity (Wildman–Crippen MR) is 97.2 cm³/mol. The third-order valence-corrected chi connectivity index (χ3v) is 5.32. The third-order valence-electron chi connectivity index (χ3n) is 3.44. The van der Waals surface area contributed by atoms with Gasteiger partial charge in [0.2, 0.25) is 0 Å². The van der Waals surface area contributed by atoms with Gasteiger partial charge in [-0.1, -0.05) is 53.3 Å². The maximum absolute atomic E-state index is 6.02. The maximum Gasteiger partial charge on any atom is 0.187 e. The van der Waals surface area contributed by atoms with Crippen LogP contribution >= 0.6 is 23.1 Å². The highest BCUT2D eigenvalue weighted by molar-refractivity contribution is 7.98. The largest absolute Gasteiger partial charge is 0.355 e. The van der Waals surface area contributed by atoms with Gasteiger partial charge in [-0.15, -0.1) is 11.3 Å². The predicted octanol–water partition coefficient (Wildman–Crippen LogP) is 4.27. The van der Waals surface area contributed by atoms with Gasteiger partial charge in [-0.2, -0.15) is 0 Å². The molecule has 0 unspecified atom stereocenters. The molecule has 0 saturated carbocycles. The molecule has 4 aromatic rings. The lowest BCUT2D eigenvalue weighted by atomic mass is 10.2. The van der Waals surface area contributed by atoms with Gasteiger partial charge in [-0.3, -0.25) is 0 Å². The van der Waals surface area contributed by atoms with Crippen LogP contribution in [0.15, 0.2) is 69.8 Å². The Morgan fingerprint density at radius 3 is 2.83 bits per heavy atom. The number of hydrogen-bond acceptors (Lipinski definition) is 6. The SMILES string of the molecule is Nn1cc(-c2ccccc2)nc1SCc1cc(-c2cccs2)on1. The minimum absolute atomic E-state index is 0.650. The van der Waals surface area contributed by atoms with Crippen molar-refractivity contribution in [2.45, 2.75) is 10.9 Å². The molecule has 7 heteroatoms. The van der Waals surface area contributed by atoms with Crippen LogP contribution in [0.25, 0.3) is 21.9 Å². The summed E-state index contributed by atoms with van der Waals surface area (Å²) in [6, 6.07) is 15.9. The maximum atomic E-state index is 6.02. The van der Waals surface area contributed by atoms with Gasteiger partial charge in [0.05, 0.1) is 22.5 Å². The minimum Gasteiger partial charge on any atom is -0.355 e. The molecule has 0 amide bonds. The summed E-state index contributed by atoms with van der Waals surface area (Å²) in [4.78, 5) is 5.67. The molecule has 0 saturated heterocycles. The van der Waals surface area contributed by atoms with Crippen LogP contribution in [0, 0.1) is 0 Å². The molecule has 0 fully saturated rings. The number of thiophene rings is 1. The number of thioether (sulfide) groups is 1. The van der Waals surface area contributed by atoms with Gasteiger partial charge in [-0.25, -0.2) is 9.66 Å². The van der Waals surface area contributed by atoms with Crippen LogP contribution < -0.4 is 5.84 Å². The molecule has 1 aromatic carbocycles. The van der Waals surface area contributed by atoms with Crippen LogP contribution in [0.2, 0.25) is 0 Å². The molecule has 0 bridgehead atoms. The summed E-state index contributed by atoms with van der Waals surface area (Å²) < 4.78 is 6.94. The molecule has 0 atom stereocenters. The van der Waals surface area contributed by atoms with E-state index in [9.17, 15) is 0 Å². The topological polar surface area (TPSA) is 69.9 Å². The Balaban J connectivity index is 1.48. The van der Waals surface area contributed by atoms with Crippen molar-refractivity contribution in [3.05, 3.63) is 65.8 Å². The van der Waals surface area contributed by atoms with Gasteiger partial charge in [0.1, 0.15) is 0 Å². The number of aromatic nitrogens is 3. The van der Waals surface area contributed by atoms with E-state index < -0.39 is 0 Å².